The lowest BCUT2D eigenvalue weighted by atomic mass is 10.0. The molecule has 3 heteroatoms. The molecule has 0 aliphatic rings. The first-order chi connectivity index (χ1) is 10.6. The van der Waals surface area contributed by atoms with E-state index in [4.69, 9.17) is 9.47 Å². The SMILES string of the molecule is COCc1cc(C(=O)/C=C/c2ccc(C)cc2)ccc1OC. The second kappa shape index (κ2) is 7.57. The molecule has 0 spiro atoms. The van der Waals surface area contributed by atoms with Crippen molar-refractivity contribution in [2.24, 2.45) is 0 Å². The van der Waals surface area contributed by atoms with E-state index in [-0.39, 0.29) is 5.78 Å². The number of rotatable bonds is 6. The average molecular weight is 296 g/mol. The molecule has 0 N–H and O–H groups in total. The number of carbonyl (C=O) groups excluding carboxylic acids is 1. The molecule has 22 heavy (non-hydrogen) atoms. The minimum atomic E-state index is -0.0411. The molecular formula is C19H20O3. The summed E-state index contributed by atoms with van der Waals surface area (Å²) in [6, 6.07) is 13.4. The summed E-state index contributed by atoms with van der Waals surface area (Å²) >= 11 is 0. The van der Waals surface area contributed by atoms with Gasteiger partial charge in [0.25, 0.3) is 0 Å². The monoisotopic (exact) mass is 296 g/mol. The fraction of sp³-hybridized carbons (Fsp3) is 0.211. The van der Waals surface area contributed by atoms with E-state index in [0.29, 0.717) is 12.2 Å². The Kier molecular flexibility index (Phi) is 5.50. The van der Waals surface area contributed by atoms with Crippen molar-refractivity contribution in [3.05, 3.63) is 70.8 Å². The van der Waals surface area contributed by atoms with Gasteiger partial charge in [0.05, 0.1) is 13.7 Å². The summed E-state index contributed by atoms with van der Waals surface area (Å²) in [6.45, 7) is 2.44. The van der Waals surface area contributed by atoms with Crippen LogP contribution < -0.4 is 4.74 Å². The summed E-state index contributed by atoms with van der Waals surface area (Å²) in [5.41, 5.74) is 3.68. The van der Waals surface area contributed by atoms with Crippen LogP contribution in [-0.2, 0) is 11.3 Å². The molecule has 0 bridgehead atoms. The summed E-state index contributed by atoms with van der Waals surface area (Å²) in [4.78, 5) is 12.3. The highest BCUT2D eigenvalue weighted by Gasteiger charge is 2.08. The maximum atomic E-state index is 12.3. The zero-order chi connectivity index (χ0) is 15.9. The maximum Gasteiger partial charge on any atom is 0.185 e. The van der Waals surface area contributed by atoms with E-state index in [1.807, 2.05) is 43.3 Å². The van der Waals surface area contributed by atoms with E-state index < -0.39 is 0 Å². The van der Waals surface area contributed by atoms with Gasteiger partial charge in [0.1, 0.15) is 5.75 Å². The van der Waals surface area contributed by atoms with E-state index in [1.165, 1.54) is 5.56 Å². The highest BCUT2D eigenvalue weighted by atomic mass is 16.5. The molecule has 0 radical (unpaired) electrons. The van der Waals surface area contributed by atoms with Crippen molar-refractivity contribution >= 4 is 11.9 Å². The van der Waals surface area contributed by atoms with E-state index in [2.05, 4.69) is 0 Å². The van der Waals surface area contributed by atoms with Gasteiger partial charge in [-0.05, 0) is 36.8 Å². The fourth-order valence-electron chi connectivity index (χ4n) is 2.15. The van der Waals surface area contributed by atoms with Gasteiger partial charge in [0.2, 0.25) is 0 Å². The molecule has 0 saturated heterocycles. The first-order valence-corrected chi connectivity index (χ1v) is 7.09. The highest BCUT2D eigenvalue weighted by molar-refractivity contribution is 6.07. The van der Waals surface area contributed by atoms with Gasteiger partial charge in [-0.15, -0.1) is 0 Å². The zero-order valence-corrected chi connectivity index (χ0v) is 13.1. The molecule has 2 rings (SSSR count). The third-order valence-electron chi connectivity index (χ3n) is 3.37. The van der Waals surface area contributed by atoms with E-state index in [0.717, 1.165) is 16.9 Å². The fourth-order valence-corrected chi connectivity index (χ4v) is 2.15. The van der Waals surface area contributed by atoms with Crippen molar-refractivity contribution in [1.82, 2.24) is 0 Å². The van der Waals surface area contributed by atoms with Crippen molar-refractivity contribution in [2.75, 3.05) is 14.2 Å². The number of hydrogen-bond acceptors (Lipinski definition) is 3. The number of benzene rings is 2. The quantitative estimate of drug-likeness (QED) is 0.596. The average Bonchev–Trinajstić information content (AvgIpc) is 2.54. The van der Waals surface area contributed by atoms with Crippen LogP contribution in [0.5, 0.6) is 5.75 Å². The van der Waals surface area contributed by atoms with Gasteiger partial charge >= 0.3 is 0 Å². The van der Waals surface area contributed by atoms with Gasteiger partial charge in [0, 0.05) is 18.2 Å². The molecule has 0 heterocycles. The summed E-state index contributed by atoms with van der Waals surface area (Å²) in [7, 11) is 3.22. The number of carbonyl (C=O) groups is 1. The second-order valence-corrected chi connectivity index (χ2v) is 5.07. The van der Waals surface area contributed by atoms with Gasteiger partial charge in [-0.2, -0.15) is 0 Å². The van der Waals surface area contributed by atoms with Crippen LogP contribution in [0, 0.1) is 6.92 Å². The standard InChI is InChI=1S/C19H20O3/c1-14-4-6-15(7-5-14)8-10-18(20)16-9-11-19(22-3)17(12-16)13-21-2/h4-12H,13H2,1-3H3/b10-8+. The van der Waals surface area contributed by atoms with Gasteiger partial charge < -0.3 is 9.47 Å². The molecule has 3 nitrogen and oxygen atoms in total. The minimum Gasteiger partial charge on any atom is -0.496 e. The predicted molar refractivity (Wildman–Crippen MR) is 88.3 cm³/mol. The van der Waals surface area contributed by atoms with Crippen molar-refractivity contribution in [3.63, 3.8) is 0 Å². The van der Waals surface area contributed by atoms with Crippen molar-refractivity contribution in [1.29, 1.82) is 0 Å². The number of aryl methyl sites for hydroxylation is 1. The zero-order valence-electron chi connectivity index (χ0n) is 13.1. The topological polar surface area (TPSA) is 35.5 Å². The number of ether oxygens (including phenoxy) is 2. The van der Waals surface area contributed by atoms with Gasteiger partial charge in [0.15, 0.2) is 5.78 Å². The first-order valence-electron chi connectivity index (χ1n) is 7.09. The molecule has 0 aliphatic heterocycles. The molecule has 0 aliphatic carbocycles. The summed E-state index contributed by atoms with van der Waals surface area (Å²) in [6.07, 6.45) is 3.41. The lowest BCUT2D eigenvalue weighted by Crippen LogP contribution is -1.99. The molecular weight excluding hydrogens is 276 g/mol. The highest BCUT2D eigenvalue weighted by Crippen LogP contribution is 2.21. The van der Waals surface area contributed by atoms with Gasteiger partial charge in [-0.1, -0.05) is 35.9 Å². The molecule has 0 saturated carbocycles. The molecule has 0 aromatic heterocycles. The Bertz CT molecular complexity index is 670. The Morgan fingerprint density at radius 2 is 1.82 bits per heavy atom. The van der Waals surface area contributed by atoms with Crippen molar-refractivity contribution < 1.29 is 14.3 Å². The Morgan fingerprint density at radius 3 is 2.45 bits per heavy atom. The Labute approximate surface area is 131 Å². The number of methoxy groups -OCH3 is 2. The number of hydrogen-bond donors (Lipinski definition) is 0. The second-order valence-electron chi connectivity index (χ2n) is 5.07. The van der Waals surface area contributed by atoms with Crippen LogP contribution in [-0.4, -0.2) is 20.0 Å². The molecule has 0 fully saturated rings. The molecule has 2 aromatic rings. The van der Waals surface area contributed by atoms with E-state index in [1.54, 1.807) is 32.4 Å². The number of ketones is 1. The normalized spacial score (nSPS) is 10.9. The third-order valence-corrected chi connectivity index (χ3v) is 3.37. The smallest absolute Gasteiger partial charge is 0.185 e. The maximum absolute atomic E-state index is 12.3. The molecule has 114 valence electrons. The van der Waals surface area contributed by atoms with Crippen LogP contribution in [0.4, 0.5) is 0 Å². The predicted octanol–water partition coefficient (Wildman–Crippen LogP) is 4.05. The van der Waals surface area contributed by atoms with Gasteiger partial charge in [-0.25, -0.2) is 0 Å². The van der Waals surface area contributed by atoms with Crippen LogP contribution >= 0.6 is 0 Å². The molecule has 0 unspecified atom stereocenters. The van der Waals surface area contributed by atoms with Gasteiger partial charge in [-0.3, -0.25) is 4.79 Å². The number of allylic oxidation sites excluding steroid dienone is 1. The van der Waals surface area contributed by atoms with Crippen LogP contribution in [0.3, 0.4) is 0 Å². The molecule has 0 amide bonds. The summed E-state index contributed by atoms with van der Waals surface area (Å²) in [5.74, 6) is 0.682. The Balaban J connectivity index is 2.18. The van der Waals surface area contributed by atoms with Crippen LogP contribution in [0.2, 0.25) is 0 Å². The minimum absolute atomic E-state index is 0.0411. The molecule has 2 aromatic carbocycles. The van der Waals surface area contributed by atoms with Crippen LogP contribution in [0.1, 0.15) is 27.0 Å². The third kappa shape index (κ3) is 4.06. The van der Waals surface area contributed by atoms with Crippen LogP contribution in [0.15, 0.2) is 48.5 Å². The summed E-state index contributed by atoms with van der Waals surface area (Å²) in [5, 5.41) is 0. The van der Waals surface area contributed by atoms with Crippen molar-refractivity contribution in [2.45, 2.75) is 13.5 Å². The Morgan fingerprint density at radius 1 is 1.09 bits per heavy atom. The first kappa shape index (κ1) is 16.0. The Hall–Kier alpha value is -2.39. The van der Waals surface area contributed by atoms with Crippen LogP contribution in [0.25, 0.3) is 6.08 Å². The largest absolute Gasteiger partial charge is 0.496 e. The molecule has 0 atom stereocenters. The van der Waals surface area contributed by atoms with Crippen molar-refractivity contribution in [3.8, 4) is 5.75 Å². The lowest BCUT2D eigenvalue weighted by molar-refractivity contribution is 0.104. The van der Waals surface area contributed by atoms with E-state index in [9.17, 15) is 4.79 Å². The summed E-state index contributed by atoms with van der Waals surface area (Å²) < 4.78 is 10.4. The van der Waals surface area contributed by atoms with E-state index >= 15 is 0 Å². The lowest BCUT2D eigenvalue weighted by Gasteiger charge is -2.08.